The van der Waals surface area contributed by atoms with E-state index in [1.165, 1.54) is 6.07 Å². The number of carbonyl (C=O) groups excluding carboxylic acids is 1. The molecule has 0 atom stereocenters. The van der Waals surface area contributed by atoms with Gasteiger partial charge in [0.15, 0.2) is 17.3 Å². The Morgan fingerprint density at radius 2 is 2.03 bits per heavy atom. The smallest absolute Gasteiger partial charge is 0.504 e. The van der Waals surface area contributed by atoms with Crippen LogP contribution in [0.25, 0.3) is 21.9 Å². The first-order valence-electron chi connectivity index (χ1n) is 11.6. The minimum atomic E-state index is -4.86. The molecule has 1 amide bonds. The third kappa shape index (κ3) is 6.15. The highest BCUT2D eigenvalue weighted by Gasteiger charge is 2.22. The van der Waals surface area contributed by atoms with Crippen molar-refractivity contribution in [1.29, 1.82) is 0 Å². The summed E-state index contributed by atoms with van der Waals surface area (Å²) in [6.07, 6.45) is 2.48. The number of nitrogen functional groups attached to an aromatic ring is 1. The van der Waals surface area contributed by atoms with Crippen LogP contribution in [-0.4, -0.2) is 39.8 Å². The summed E-state index contributed by atoms with van der Waals surface area (Å²) in [5.74, 6) is 0.266. The molecule has 13 heteroatoms. The molecule has 2 aromatic heterocycles. The van der Waals surface area contributed by atoms with Crippen LogP contribution in [0.1, 0.15) is 36.7 Å². The molecular weight excluding hydrogens is 612 g/mol. The quantitative estimate of drug-likeness (QED) is 0.0984. The maximum Gasteiger partial charge on any atom is 0.524 e. The van der Waals surface area contributed by atoms with Crippen molar-refractivity contribution in [1.82, 2.24) is 19.9 Å². The van der Waals surface area contributed by atoms with Crippen LogP contribution in [0.5, 0.6) is 11.5 Å². The van der Waals surface area contributed by atoms with Gasteiger partial charge in [0.05, 0.1) is 22.0 Å². The first-order valence-corrected chi connectivity index (χ1v) is 14.6. The summed E-state index contributed by atoms with van der Waals surface area (Å²) >= 11 is 2.00. The monoisotopic (exact) mass is 639 g/mol. The molecule has 37 heavy (non-hydrogen) atoms. The van der Waals surface area contributed by atoms with Crippen LogP contribution in [-0.2, 0) is 28.9 Å². The van der Waals surface area contributed by atoms with Crippen LogP contribution in [0, 0.1) is 0 Å². The molecule has 0 saturated heterocycles. The van der Waals surface area contributed by atoms with Gasteiger partial charge in [-0.05, 0) is 24.1 Å². The molecule has 2 aromatic carbocycles. The number of nitrogens with zero attached hydrogens (tertiary/aromatic N) is 3. The number of hydrogen-bond donors (Lipinski definition) is 5. The largest absolute Gasteiger partial charge is 0.524 e. The number of alkyl halides is 1. The lowest BCUT2D eigenvalue weighted by Crippen LogP contribution is -2.23. The standard InChI is InChI=1S/C24H27IN5O6P/c1-2-3-7-19-29-21-22(30(19)13-15-5-4-6-18(23(15)32)36-37(33,34)35)16-9-8-14(12-27-20(31)11-25)10-17(16)28-24(21)26/h4-6,8-10,32H,2-3,7,11-13H2,1H3,(H2,26,28)(H,27,31)(H2,33,34,35). The van der Waals surface area contributed by atoms with Gasteiger partial charge in [0.1, 0.15) is 11.3 Å². The highest BCUT2D eigenvalue weighted by molar-refractivity contribution is 14.1. The Bertz CT molecular complexity index is 1520. The van der Waals surface area contributed by atoms with Crippen molar-refractivity contribution in [3.8, 4) is 11.5 Å². The number of pyridine rings is 1. The highest BCUT2D eigenvalue weighted by atomic mass is 127. The summed E-state index contributed by atoms with van der Waals surface area (Å²) in [6.45, 7) is 2.59. The Balaban J connectivity index is 1.85. The number of phenols is 1. The number of phosphoric acid groups is 1. The molecule has 4 rings (SSSR count). The van der Waals surface area contributed by atoms with Gasteiger partial charge in [0.25, 0.3) is 0 Å². The van der Waals surface area contributed by atoms with Crippen LogP contribution in [0.15, 0.2) is 36.4 Å². The lowest BCUT2D eigenvalue weighted by atomic mass is 10.1. The number of nitrogens with one attached hydrogen (secondary N) is 1. The maximum absolute atomic E-state index is 11.7. The average molecular weight is 639 g/mol. The molecule has 0 unspecified atom stereocenters. The molecule has 0 aliphatic rings. The van der Waals surface area contributed by atoms with Crippen LogP contribution < -0.4 is 15.6 Å². The van der Waals surface area contributed by atoms with E-state index >= 15 is 0 Å². The number of aryl methyl sites for hydroxylation is 1. The van der Waals surface area contributed by atoms with Crippen molar-refractivity contribution in [2.24, 2.45) is 0 Å². The molecule has 0 spiro atoms. The molecule has 0 bridgehead atoms. The van der Waals surface area contributed by atoms with Crippen molar-refractivity contribution >= 4 is 64.1 Å². The second-order valence-corrected chi connectivity index (χ2v) is 10.4. The number of aromatic hydroxyl groups is 1. The lowest BCUT2D eigenvalue weighted by Gasteiger charge is -2.15. The lowest BCUT2D eigenvalue weighted by molar-refractivity contribution is -0.118. The first kappa shape index (κ1) is 27.1. The fraction of sp³-hybridized carbons (Fsp3) is 0.292. The van der Waals surface area contributed by atoms with E-state index in [0.29, 0.717) is 34.0 Å². The number of fused-ring (bicyclic) bond motifs is 3. The number of hydrogen-bond acceptors (Lipinski definition) is 7. The Morgan fingerprint density at radius 1 is 1.24 bits per heavy atom. The van der Waals surface area contributed by atoms with E-state index in [1.807, 2.05) is 45.4 Å². The second-order valence-electron chi connectivity index (χ2n) is 8.52. The normalized spacial score (nSPS) is 11.8. The van der Waals surface area contributed by atoms with Gasteiger partial charge in [-0.3, -0.25) is 14.6 Å². The number of imidazole rings is 1. The van der Waals surface area contributed by atoms with E-state index in [9.17, 15) is 24.3 Å². The third-order valence-electron chi connectivity index (χ3n) is 5.84. The minimum absolute atomic E-state index is 0.0629. The number of amides is 1. The van der Waals surface area contributed by atoms with Gasteiger partial charge >= 0.3 is 7.82 Å². The van der Waals surface area contributed by atoms with Gasteiger partial charge < -0.3 is 25.2 Å². The molecule has 6 N–H and O–H groups in total. The molecule has 0 radical (unpaired) electrons. The predicted octanol–water partition coefficient (Wildman–Crippen LogP) is 3.79. The fourth-order valence-corrected chi connectivity index (χ4v) is 4.80. The van der Waals surface area contributed by atoms with Gasteiger partial charge in [-0.2, -0.15) is 0 Å². The van der Waals surface area contributed by atoms with Crippen LogP contribution in [0.2, 0.25) is 0 Å². The fourth-order valence-electron chi connectivity index (χ4n) is 4.12. The van der Waals surface area contributed by atoms with Crippen LogP contribution >= 0.6 is 30.4 Å². The van der Waals surface area contributed by atoms with E-state index in [0.717, 1.165) is 35.1 Å². The second kappa shape index (κ2) is 11.2. The SMILES string of the molecule is CCCCc1nc2c(N)nc3cc(CNC(=O)CI)ccc3c2n1Cc1cccc(OP(=O)(O)O)c1O. The number of para-hydroxylation sites is 1. The van der Waals surface area contributed by atoms with Gasteiger partial charge in [-0.15, -0.1) is 0 Å². The topological polar surface area (TPSA) is 173 Å². The van der Waals surface area contributed by atoms with Gasteiger partial charge in [-0.1, -0.05) is 60.2 Å². The maximum atomic E-state index is 11.7. The van der Waals surface area contributed by atoms with Crippen LogP contribution in [0.3, 0.4) is 0 Å². The summed E-state index contributed by atoms with van der Waals surface area (Å²) in [7, 11) is -4.86. The van der Waals surface area contributed by atoms with Crippen molar-refractivity contribution in [3.63, 3.8) is 0 Å². The number of nitrogens with two attached hydrogens (primary N) is 1. The summed E-state index contributed by atoms with van der Waals surface area (Å²) in [5, 5.41) is 14.4. The Hall–Kier alpha value is -2.93. The number of rotatable bonds is 10. The van der Waals surface area contributed by atoms with E-state index in [2.05, 4.69) is 21.7 Å². The highest BCUT2D eigenvalue weighted by Crippen LogP contribution is 2.43. The zero-order chi connectivity index (χ0) is 26.7. The van der Waals surface area contributed by atoms with Gasteiger partial charge in [-0.25, -0.2) is 14.5 Å². The first-order chi connectivity index (χ1) is 17.6. The number of benzene rings is 2. The Kier molecular flexibility index (Phi) is 8.22. The average Bonchev–Trinajstić information content (AvgIpc) is 3.21. The molecule has 0 aliphatic heterocycles. The molecule has 0 fully saturated rings. The third-order valence-corrected chi connectivity index (χ3v) is 6.97. The molecule has 196 valence electrons. The van der Waals surface area contributed by atoms with Gasteiger partial charge in [0, 0.05) is 23.9 Å². The number of phenolic OH excluding ortho intramolecular Hbond substituents is 1. The number of phosphoric ester groups is 1. The number of carbonyl (C=O) groups is 1. The number of aromatic nitrogens is 3. The van der Waals surface area contributed by atoms with Gasteiger partial charge in [0.2, 0.25) is 5.91 Å². The minimum Gasteiger partial charge on any atom is -0.504 e. The summed E-state index contributed by atoms with van der Waals surface area (Å²) in [4.78, 5) is 39.4. The summed E-state index contributed by atoms with van der Waals surface area (Å²) in [5.41, 5.74) is 9.50. The predicted molar refractivity (Wildman–Crippen MR) is 149 cm³/mol. The van der Waals surface area contributed by atoms with Crippen molar-refractivity contribution in [3.05, 3.63) is 53.3 Å². The van der Waals surface area contributed by atoms with E-state index in [1.54, 1.807) is 12.1 Å². The number of anilines is 1. The van der Waals surface area contributed by atoms with E-state index in [4.69, 9.17) is 10.7 Å². The molecular formula is C24H27IN5O6P. The number of halogens is 1. The molecule has 0 saturated carbocycles. The van der Waals surface area contributed by atoms with E-state index in [-0.39, 0.29) is 29.8 Å². The van der Waals surface area contributed by atoms with Crippen molar-refractivity contribution in [2.75, 3.05) is 10.2 Å². The zero-order valence-electron chi connectivity index (χ0n) is 20.0. The van der Waals surface area contributed by atoms with Crippen LogP contribution in [0.4, 0.5) is 5.82 Å². The zero-order valence-corrected chi connectivity index (χ0v) is 23.1. The van der Waals surface area contributed by atoms with Crippen molar-refractivity contribution < 1.29 is 28.8 Å². The number of unbranched alkanes of at least 4 members (excludes halogenated alkanes) is 1. The Labute approximate surface area is 226 Å². The molecule has 11 nitrogen and oxygen atoms in total. The van der Waals surface area contributed by atoms with E-state index < -0.39 is 7.82 Å². The molecule has 4 aromatic rings. The summed E-state index contributed by atoms with van der Waals surface area (Å²) in [6, 6.07) is 10.2. The Morgan fingerprint density at radius 3 is 2.73 bits per heavy atom. The molecule has 0 aliphatic carbocycles. The molecule has 2 heterocycles. The summed E-state index contributed by atoms with van der Waals surface area (Å²) < 4.78 is 18.3. The van der Waals surface area contributed by atoms with Crippen molar-refractivity contribution in [2.45, 2.75) is 39.3 Å².